The first-order valence-corrected chi connectivity index (χ1v) is 7.49. The summed E-state index contributed by atoms with van der Waals surface area (Å²) in [5.74, 6) is 0.0667. The summed E-state index contributed by atoms with van der Waals surface area (Å²) in [6.07, 6.45) is 5.46. The maximum absolute atomic E-state index is 11.6. The zero-order valence-corrected chi connectivity index (χ0v) is 11.5. The molecule has 0 unspecified atom stereocenters. The second kappa shape index (κ2) is 6.34. The second-order valence-corrected chi connectivity index (χ2v) is 5.88. The van der Waals surface area contributed by atoms with Gasteiger partial charge in [0.15, 0.2) is 0 Å². The van der Waals surface area contributed by atoms with Gasteiger partial charge in [-0.3, -0.25) is 0 Å². The molecule has 18 heavy (non-hydrogen) atoms. The van der Waals surface area contributed by atoms with E-state index in [1.165, 1.54) is 30.6 Å². The molecule has 2 rings (SSSR count). The highest BCUT2D eigenvalue weighted by molar-refractivity contribution is 7.14. The molecule has 0 aliphatic heterocycles. The molecular weight excluding hydrogens is 248 g/mol. The van der Waals surface area contributed by atoms with Crippen molar-refractivity contribution in [3.05, 3.63) is 21.9 Å². The maximum atomic E-state index is 11.6. The predicted molar refractivity (Wildman–Crippen MR) is 71.8 cm³/mol. The summed E-state index contributed by atoms with van der Waals surface area (Å²) in [4.78, 5) is 13.0. The van der Waals surface area contributed by atoms with Crippen LogP contribution in [0.5, 0.6) is 0 Å². The van der Waals surface area contributed by atoms with Gasteiger partial charge in [-0.05, 0) is 37.8 Å². The van der Waals surface area contributed by atoms with E-state index in [-0.39, 0.29) is 5.97 Å². The Morgan fingerprint density at radius 1 is 1.44 bits per heavy atom. The molecule has 1 aromatic heterocycles. The lowest BCUT2D eigenvalue weighted by molar-refractivity contribution is 0.0532. The Balaban J connectivity index is 2.02. The van der Waals surface area contributed by atoms with Gasteiger partial charge in [0, 0.05) is 4.88 Å². The highest BCUT2D eigenvalue weighted by atomic mass is 32.1. The van der Waals surface area contributed by atoms with Crippen LogP contribution in [0.25, 0.3) is 0 Å². The molecule has 0 saturated heterocycles. The van der Waals surface area contributed by atoms with Crippen LogP contribution in [-0.4, -0.2) is 17.7 Å². The number of thiophene rings is 1. The van der Waals surface area contributed by atoms with E-state index in [0.717, 1.165) is 17.7 Å². The zero-order chi connectivity index (χ0) is 13.0. The average molecular weight is 268 g/mol. The van der Waals surface area contributed by atoms with Crippen molar-refractivity contribution < 1.29 is 14.6 Å². The highest BCUT2D eigenvalue weighted by Crippen LogP contribution is 2.37. The number of ether oxygens (including phenoxy) is 1. The summed E-state index contributed by atoms with van der Waals surface area (Å²) >= 11 is 1.36. The fourth-order valence-electron chi connectivity index (χ4n) is 2.51. The first-order valence-electron chi connectivity index (χ1n) is 6.67. The Bertz CT molecular complexity index is 393. The fourth-order valence-corrected chi connectivity index (χ4v) is 3.49. The lowest BCUT2D eigenvalue weighted by Crippen LogP contribution is -2.14. The lowest BCUT2D eigenvalue weighted by Gasteiger charge is -2.25. The van der Waals surface area contributed by atoms with Gasteiger partial charge in [0.1, 0.15) is 4.88 Å². The van der Waals surface area contributed by atoms with E-state index in [9.17, 15) is 9.90 Å². The average Bonchev–Trinajstić information content (AvgIpc) is 2.89. The molecule has 0 radical (unpaired) electrons. The van der Waals surface area contributed by atoms with Crippen LogP contribution in [0.1, 0.15) is 59.7 Å². The Hall–Kier alpha value is -0.870. The summed E-state index contributed by atoms with van der Waals surface area (Å²) in [6.45, 7) is 2.18. The van der Waals surface area contributed by atoms with E-state index in [4.69, 9.17) is 4.74 Å². The molecule has 1 fully saturated rings. The summed E-state index contributed by atoms with van der Waals surface area (Å²) in [5.41, 5.74) is 0. The molecule has 1 saturated carbocycles. The highest BCUT2D eigenvalue weighted by Gasteiger charge is 2.25. The van der Waals surface area contributed by atoms with Crippen LogP contribution < -0.4 is 0 Å². The molecule has 0 aromatic carbocycles. The fraction of sp³-hybridized carbons (Fsp3) is 0.643. The number of hydrogen-bond donors (Lipinski definition) is 1. The van der Waals surface area contributed by atoms with Crippen molar-refractivity contribution in [2.75, 3.05) is 6.61 Å². The Morgan fingerprint density at radius 2 is 2.17 bits per heavy atom. The summed E-state index contributed by atoms with van der Waals surface area (Å²) in [7, 11) is 0. The molecule has 1 N–H and O–H groups in total. The Kier molecular flexibility index (Phi) is 4.78. The zero-order valence-electron chi connectivity index (χ0n) is 10.7. The third kappa shape index (κ3) is 3.12. The van der Waals surface area contributed by atoms with Gasteiger partial charge in [0.2, 0.25) is 0 Å². The van der Waals surface area contributed by atoms with Crippen LogP contribution in [0, 0.1) is 5.92 Å². The number of hydrogen-bond acceptors (Lipinski definition) is 4. The van der Waals surface area contributed by atoms with Crippen LogP contribution >= 0.6 is 11.3 Å². The monoisotopic (exact) mass is 268 g/mol. The normalized spacial score (nSPS) is 18.6. The molecule has 1 aliphatic carbocycles. The van der Waals surface area contributed by atoms with Gasteiger partial charge in [-0.1, -0.05) is 19.3 Å². The number of rotatable bonds is 4. The molecule has 1 heterocycles. The molecule has 0 amide bonds. The maximum Gasteiger partial charge on any atom is 0.348 e. The van der Waals surface area contributed by atoms with Crippen LogP contribution in [0.2, 0.25) is 0 Å². The van der Waals surface area contributed by atoms with Crippen molar-refractivity contribution in [1.82, 2.24) is 0 Å². The van der Waals surface area contributed by atoms with Crippen molar-refractivity contribution in [3.63, 3.8) is 0 Å². The SMILES string of the molecule is CCOC(=O)c1ccc([C@H](O)C2CCCCC2)s1. The first-order chi connectivity index (χ1) is 8.72. The van der Waals surface area contributed by atoms with E-state index < -0.39 is 6.10 Å². The minimum absolute atomic E-state index is 0.287. The van der Waals surface area contributed by atoms with E-state index in [1.807, 2.05) is 6.07 Å². The molecule has 4 heteroatoms. The van der Waals surface area contributed by atoms with Gasteiger partial charge in [-0.25, -0.2) is 4.79 Å². The number of esters is 1. The minimum Gasteiger partial charge on any atom is -0.462 e. The molecule has 100 valence electrons. The summed E-state index contributed by atoms with van der Waals surface area (Å²) < 4.78 is 4.96. The van der Waals surface area contributed by atoms with Crippen molar-refractivity contribution in [2.45, 2.75) is 45.1 Å². The van der Waals surface area contributed by atoms with Crippen molar-refractivity contribution >= 4 is 17.3 Å². The number of aliphatic hydroxyl groups is 1. The van der Waals surface area contributed by atoms with Gasteiger partial charge in [-0.2, -0.15) is 0 Å². The third-order valence-corrected chi connectivity index (χ3v) is 4.63. The minimum atomic E-state index is -0.418. The van der Waals surface area contributed by atoms with Crippen molar-refractivity contribution in [2.24, 2.45) is 5.92 Å². The molecule has 1 atom stereocenters. The van der Waals surface area contributed by atoms with Gasteiger partial charge < -0.3 is 9.84 Å². The van der Waals surface area contributed by atoms with Gasteiger partial charge in [0.25, 0.3) is 0 Å². The number of aliphatic hydroxyl groups excluding tert-OH is 1. The Labute approximate surface area is 112 Å². The van der Waals surface area contributed by atoms with Gasteiger partial charge in [-0.15, -0.1) is 11.3 Å². The molecule has 3 nitrogen and oxygen atoms in total. The number of carbonyl (C=O) groups is 1. The third-order valence-electron chi connectivity index (χ3n) is 3.49. The molecule has 0 spiro atoms. The first kappa shape index (κ1) is 13.6. The van der Waals surface area contributed by atoms with E-state index >= 15 is 0 Å². The number of carbonyl (C=O) groups excluding carboxylic acids is 1. The Morgan fingerprint density at radius 3 is 2.83 bits per heavy atom. The topological polar surface area (TPSA) is 46.5 Å². The summed E-state index contributed by atoms with van der Waals surface area (Å²) in [6, 6.07) is 3.61. The van der Waals surface area contributed by atoms with Crippen LogP contribution in [0.4, 0.5) is 0 Å². The largest absolute Gasteiger partial charge is 0.462 e. The predicted octanol–water partition coefficient (Wildman–Crippen LogP) is 3.54. The summed E-state index contributed by atoms with van der Waals surface area (Å²) in [5, 5.41) is 10.3. The van der Waals surface area contributed by atoms with E-state index in [2.05, 4.69) is 0 Å². The van der Waals surface area contributed by atoms with Crippen LogP contribution in [0.15, 0.2) is 12.1 Å². The molecule has 1 aromatic rings. The quantitative estimate of drug-likeness (QED) is 0.850. The molecule has 0 bridgehead atoms. The second-order valence-electron chi connectivity index (χ2n) is 4.77. The van der Waals surface area contributed by atoms with E-state index in [1.54, 1.807) is 13.0 Å². The lowest BCUT2D eigenvalue weighted by atomic mass is 9.85. The smallest absolute Gasteiger partial charge is 0.348 e. The van der Waals surface area contributed by atoms with Crippen LogP contribution in [0.3, 0.4) is 0 Å². The molecular formula is C14H20O3S. The van der Waals surface area contributed by atoms with Crippen molar-refractivity contribution in [3.8, 4) is 0 Å². The standard InChI is InChI=1S/C14H20O3S/c1-2-17-14(16)12-9-8-11(18-12)13(15)10-6-4-3-5-7-10/h8-10,13,15H,2-7H2,1H3/t13-/m1/s1. The van der Waals surface area contributed by atoms with Crippen molar-refractivity contribution in [1.29, 1.82) is 0 Å². The van der Waals surface area contributed by atoms with Gasteiger partial charge in [0.05, 0.1) is 12.7 Å². The molecule has 1 aliphatic rings. The van der Waals surface area contributed by atoms with Crippen LogP contribution in [-0.2, 0) is 4.74 Å². The van der Waals surface area contributed by atoms with E-state index in [0.29, 0.717) is 17.4 Å². The van der Waals surface area contributed by atoms with Gasteiger partial charge >= 0.3 is 5.97 Å².